The van der Waals surface area contributed by atoms with Crippen LogP contribution < -0.4 is 4.90 Å². The minimum absolute atomic E-state index is 0.197. The zero-order chi connectivity index (χ0) is 18.0. The number of hydrogen-bond acceptors (Lipinski definition) is 4. The molecule has 2 aromatic rings. The van der Waals surface area contributed by atoms with E-state index in [1.54, 1.807) is 12.1 Å². The van der Waals surface area contributed by atoms with E-state index in [0.29, 0.717) is 13.1 Å². The van der Waals surface area contributed by atoms with Crippen molar-refractivity contribution in [2.24, 2.45) is 0 Å². The van der Waals surface area contributed by atoms with Crippen molar-refractivity contribution >= 4 is 21.7 Å². The van der Waals surface area contributed by atoms with Crippen LogP contribution in [0.25, 0.3) is 0 Å². The van der Waals surface area contributed by atoms with Crippen molar-refractivity contribution in [3.05, 3.63) is 59.9 Å². The highest BCUT2D eigenvalue weighted by Crippen LogP contribution is 2.23. The number of carbonyl (C=O) groups is 1. The van der Waals surface area contributed by atoms with Gasteiger partial charge < -0.3 is 10.0 Å². The number of halogens is 1. The Kier molecular flexibility index (Phi) is 4.73. The number of carboxylic acids is 1. The number of sulfonamides is 1. The predicted molar refractivity (Wildman–Crippen MR) is 90.8 cm³/mol. The van der Waals surface area contributed by atoms with Crippen LogP contribution in [0.2, 0.25) is 0 Å². The molecule has 0 bridgehead atoms. The van der Waals surface area contributed by atoms with Gasteiger partial charge >= 0.3 is 5.97 Å². The number of hydrogen-bond donors (Lipinski definition) is 1. The summed E-state index contributed by atoms with van der Waals surface area (Å²) in [5.74, 6) is -1.60. The first-order valence-electron chi connectivity index (χ1n) is 7.72. The third-order valence-electron chi connectivity index (χ3n) is 4.17. The van der Waals surface area contributed by atoms with Crippen LogP contribution in [0.1, 0.15) is 10.4 Å². The molecule has 0 amide bonds. The maximum Gasteiger partial charge on any atom is 0.337 e. The molecule has 8 heteroatoms. The zero-order valence-corrected chi connectivity index (χ0v) is 14.1. The smallest absolute Gasteiger partial charge is 0.337 e. The van der Waals surface area contributed by atoms with Crippen LogP contribution in [0.5, 0.6) is 0 Å². The van der Waals surface area contributed by atoms with Crippen LogP contribution in [-0.2, 0) is 10.0 Å². The molecule has 0 unspecified atom stereocenters. The lowest BCUT2D eigenvalue weighted by Crippen LogP contribution is -2.48. The first-order valence-corrected chi connectivity index (χ1v) is 9.16. The lowest BCUT2D eigenvalue weighted by Gasteiger charge is -2.35. The Morgan fingerprint density at radius 3 is 2.16 bits per heavy atom. The van der Waals surface area contributed by atoms with Gasteiger partial charge in [0.2, 0.25) is 10.0 Å². The van der Waals surface area contributed by atoms with Gasteiger partial charge in [0.05, 0.1) is 10.5 Å². The SMILES string of the molecule is O=C(O)c1ccccc1S(=O)(=O)N1CCN(c2ccc(F)cc2)CC1. The van der Waals surface area contributed by atoms with Crippen LogP contribution in [0.15, 0.2) is 53.4 Å². The number of piperazine rings is 1. The second kappa shape index (κ2) is 6.81. The van der Waals surface area contributed by atoms with Crippen LogP contribution in [0, 0.1) is 5.82 Å². The van der Waals surface area contributed by atoms with Crippen LogP contribution >= 0.6 is 0 Å². The van der Waals surface area contributed by atoms with Gasteiger partial charge in [-0.3, -0.25) is 0 Å². The summed E-state index contributed by atoms with van der Waals surface area (Å²) in [6.07, 6.45) is 0. The molecule has 132 valence electrons. The van der Waals surface area contributed by atoms with Gasteiger partial charge in [-0.2, -0.15) is 4.31 Å². The molecule has 2 aromatic carbocycles. The maximum absolute atomic E-state index is 13.0. The van der Waals surface area contributed by atoms with E-state index in [9.17, 15) is 22.7 Å². The molecule has 3 rings (SSSR count). The summed E-state index contributed by atoms with van der Waals surface area (Å²) in [6.45, 7) is 1.35. The summed E-state index contributed by atoms with van der Waals surface area (Å²) in [7, 11) is -3.88. The van der Waals surface area contributed by atoms with Crippen molar-refractivity contribution in [2.75, 3.05) is 31.1 Å². The highest BCUT2D eigenvalue weighted by molar-refractivity contribution is 7.89. The zero-order valence-electron chi connectivity index (χ0n) is 13.3. The monoisotopic (exact) mass is 364 g/mol. The lowest BCUT2D eigenvalue weighted by atomic mass is 10.2. The van der Waals surface area contributed by atoms with E-state index < -0.39 is 16.0 Å². The largest absolute Gasteiger partial charge is 0.478 e. The fourth-order valence-corrected chi connectivity index (χ4v) is 4.45. The molecule has 0 spiro atoms. The summed E-state index contributed by atoms with van der Waals surface area (Å²) in [6, 6.07) is 11.6. The fraction of sp³-hybridized carbons (Fsp3) is 0.235. The van der Waals surface area contributed by atoms with Crippen molar-refractivity contribution in [1.29, 1.82) is 0 Å². The van der Waals surface area contributed by atoms with Crippen LogP contribution in [-0.4, -0.2) is 50.0 Å². The van der Waals surface area contributed by atoms with E-state index >= 15 is 0 Å². The summed E-state index contributed by atoms with van der Waals surface area (Å²) >= 11 is 0. The quantitative estimate of drug-likeness (QED) is 0.898. The van der Waals surface area contributed by atoms with Crippen molar-refractivity contribution in [3.8, 4) is 0 Å². The molecule has 0 atom stereocenters. The Morgan fingerprint density at radius 2 is 1.56 bits per heavy atom. The minimum atomic E-state index is -3.88. The van der Waals surface area contributed by atoms with Gasteiger partial charge in [0, 0.05) is 31.9 Å². The van der Waals surface area contributed by atoms with E-state index in [2.05, 4.69) is 0 Å². The van der Waals surface area contributed by atoms with E-state index in [1.807, 2.05) is 4.90 Å². The molecule has 0 aliphatic carbocycles. The Balaban J connectivity index is 1.78. The standard InChI is InChI=1S/C17H17FN2O4S/c18-13-5-7-14(8-6-13)19-9-11-20(12-10-19)25(23,24)16-4-2-1-3-15(16)17(21)22/h1-8H,9-12H2,(H,21,22). The molecule has 6 nitrogen and oxygen atoms in total. The normalized spacial score (nSPS) is 16.0. The van der Waals surface area contributed by atoms with E-state index in [4.69, 9.17) is 0 Å². The second-order valence-electron chi connectivity index (χ2n) is 5.67. The Labute approximate surface area is 145 Å². The third-order valence-corrected chi connectivity index (χ3v) is 6.12. The Hall–Kier alpha value is -2.45. The number of carboxylic acid groups (broad SMARTS) is 1. The molecule has 1 fully saturated rings. The van der Waals surface area contributed by atoms with Gasteiger partial charge in [0.15, 0.2) is 0 Å². The lowest BCUT2D eigenvalue weighted by molar-refractivity contribution is 0.0692. The number of benzene rings is 2. The summed E-state index contributed by atoms with van der Waals surface area (Å²) in [4.78, 5) is 13.1. The van der Waals surface area contributed by atoms with Gasteiger partial charge in [-0.1, -0.05) is 12.1 Å². The van der Waals surface area contributed by atoms with E-state index in [-0.39, 0.29) is 29.4 Å². The average molecular weight is 364 g/mol. The number of aromatic carboxylic acids is 1. The predicted octanol–water partition coefficient (Wildman–Crippen LogP) is 2.03. The molecular formula is C17H17FN2O4S. The third kappa shape index (κ3) is 3.49. The van der Waals surface area contributed by atoms with Crippen molar-refractivity contribution in [3.63, 3.8) is 0 Å². The summed E-state index contributed by atoms with van der Waals surface area (Å²) in [5, 5.41) is 9.22. The minimum Gasteiger partial charge on any atom is -0.478 e. The van der Waals surface area contributed by atoms with E-state index in [0.717, 1.165) is 5.69 Å². The van der Waals surface area contributed by atoms with Gasteiger partial charge in [-0.15, -0.1) is 0 Å². The fourth-order valence-electron chi connectivity index (χ4n) is 2.85. The highest BCUT2D eigenvalue weighted by atomic mass is 32.2. The molecule has 0 aromatic heterocycles. The van der Waals surface area contributed by atoms with Crippen LogP contribution in [0.3, 0.4) is 0 Å². The molecule has 1 N–H and O–H groups in total. The maximum atomic E-state index is 13.0. The molecule has 1 aliphatic heterocycles. The topological polar surface area (TPSA) is 77.9 Å². The first kappa shape index (κ1) is 17.4. The van der Waals surface area contributed by atoms with Gasteiger partial charge in [0.1, 0.15) is 5.82 Å². The van der Waals surface area contributed by atoms with Crippen molar-refractivity contribution < 1.29 is 22.7 Å². The van der Waals surface area contributed by atoms with Crippen molar-refractivity contribution in [1.82, 2.24) is 4.31 Å². The molecule has 1 heterocycles. The molecule has 0 saturated carbocycles. The van der Waals surface area contributed by atoms with E-state index in [1.165, 1.54) is 40.7 Å². The average Bonchev–Trinajstić information content (AvgIpc) is 2.62. The summed E-state index contributed by atoms with van der Waals surface area (Å²) in [5.41, 5.74) is 0.591. The number of nitrogens with zero attached hydrogens (tertiary/aromatic N) is 2. The van der Waals surface area contributed by atoms with Gasteiger partial charge in [0.25, 0.3) is 0 Å². The molecular weight excluding hydrogens is 347 g/mol. The first-order chi connectivity index (χ1) is 11.9. The second-order valence-corrected chi connectivity index (χ2v) is 7.58. The number of anilines is 1. The van der Waals surface area contributed by atoms with Gasteiger partial charge in [-0.05, 0) is 36.4 Å². The Morgan fingerprint density at radius 1 is 0.960 bits per heavy atom. The molecule has 25 heavy (non-hydrogen) atoms. The highest BCUT2D eigenvalue weighted by Gasteiger charge is 2.31. The molecule has 1 saturated heterocycles. The molecule has 1 aliphatic rings. The number of rotatable bonds is 4. The van der Waals surface area contributed by atoms with Crippen LogP contribution in [0.4, 0.5) is 10.1 Å². The van der Waals surface area contributed by atoms with Crippen molar-refractivity contribution in [2.45, 2.75) is 4.90 Å². The Bertz CT molecular complexity index is 876. The van der Waals surface area contributed by atoms with Gasteiger partial charge in [-0.25, -0.2) is 17.6 Å². The molecule has 0 radical (unpaired) electrons. The summed E-state index contributed by atoms with van der Waals surface area (Å²) < 4.78 is 39.9.